The van der Waals surface area contributed by atoms with Crippen LogP contribution in [0.2, 0.25) is 0 Å². The van der Waals surface area contributed by atoms with Gasteiger partial charge >= 0.3 is 0 Å². The lowest BCUT2D eigenvalue weighted by Gasteiger charge is -2.27. The Balaban J connectivity index is 0.00000112. The summed E-state index contributed by atoms with van der Waals surface area (Å²) in [6, 6.07) is 2.35. The summed E-state index contributed by atoms with van der Waals surface area (Å²) in [6.07, 6.45) is 6.74. The molecule has 0 aliphatic heterocycles. The van der Waals surface area contributed by atoms with Crippen molar-refractivity contribution in [2.45, 2.75) is 38.1 Å². The van der Waals surface area contributed by atoms with Gasteiger partial charge in [-0.25, -0.2) is 0 Å². The van der Waals surface area contributed by atoms with E-state index >= 15 is 0 Å². The minimum Gasteiger partial charge on any atom is -0.323 e. The molecule has 0 saturated heterocycles. The Morgan fingerprint density at radius 2 is 2.00 bits per heavy atom. The molecule has 0 amide bonds. The number of halogens is 2. The summed E-state index contributed by atoms with van der Waals surface area (Å²) in [7, 11) is 0. The van der Waals surface area contributed by atoms with Crippen LogP contribution in [0, 0.1) is 5.92 Å². The van der Waals surface area contributed by atoms with E-state index in [4.69, 9.17) is 5.73 Å². The van der Waals surface area contributed by atoms with E-state index in [1.165, 1.54) is 41.5 Å². The minimum absolute atomic E-state index is 0. The molecule has 1 atom stereocenters. The third-order valence-electron chi connectivity index (χ3n) is 3.11. The van der Waals surface area contributed by atoms with Crippen LogP contribution in [-0.4, -0.2) is 0 Å². The summed E-state index contributed by atoms with van der Waals surface area (Å²) in [5, 5.41) is 2.11. The first-order valence-corrected chi connectivity index (χ1v) is 6.95. The summed E-state index contributed by atoms with van der Waals surface area (Å²) in [5.41, 5.74) is 6.30. The summed E-state index contributed by atoms with van der Waals surface area (Å²) in [4.78, 5) is 1.33. The van der Waals surface area contributed by atoms with Gasteiger partial charge in [0.05, 0.1) is 0 Å². The van der Waals surface area contributed by atoms with Crippen molar-refractivity contribution in [3.63, 3.8) is 0 Å². The Morgan fingerprint density at radius 3 is 2.53 bits per heavy atom. The molecule has 86 valence electrons. The molecule has 0 spiro atoms. The molecule has 1 nitrogen and oxygen atoms in total. The van der Waals surface area contributed by atoms with Gasteiger partial charge in [-0.05, 0) is 46.1 Å². The Hall–Kier alpha value is 0.430. The lowest BCUT2D eigenvalue weighted by atomic mass is 9.84. The van der Waals surface area contributed by atoms with Crippen molar-refractivity contribution in [2.75, 3.05) is 0 Å². The van der Waals surface area contributed by atoms with Gasteiger partial charge in [0.15, 0.2) is 0 Å². The number of nitrogens with two attached hydrogens (primary N) is 1. The van der Waals surface area contributed by atoms with E-state index in [1.807, 2.05) is 0 Å². The molecule has 1 heterocycles. The van der Waals surface area contributed by atoms with Gasteiger partial charge in [0.25, 0.3) is 0 Å². The Morgan fingerprint density at radius 1 is 1.33 bits per heavy atom. The molecule has 1 aliphatic rings. The minimum atomic E-state index is 0. The highest BCUT2D eigenvalue weighted by Gasteiger charge is 2.23. The first kappa shape index (κ1) is 13.5. The fourth-order valence-electron chi connectivity index (χ4n) is 2.25. The maximum absolute atomic E-state index is 6.30. The molecule has 1 aromatic heterocycles. The van der Waals surface area contributed by atoms with Crippen molar-refractivity contribution in [1.29, 1.82) is 0 Å². The van der Waals surface area contributed by atoms with Crippen LogP contribution < -0.4 is 5.73 Å². The van der Waals surface area contributed by atoms with Crippen LogP contribution in [-0.2, 0) is 0 Å². The quantitative estimate of drug-likeness (QED) is 0.854. The smallest absolute Gasteiger partial charge is 0.0429 e. The lowest BCUT2D eigenvalue weighted by Crippen LogP contribution is -2.22. The normalized spacial score (nSPS) is 19.6. The molecule has 2 N–H and O–H groups in total. The van der Waals surface area contributed by atoms with E-state index in [9.17, 15) is 0 Å². The molecule has 0 unspecified atom stereocenters. The van der Waals surface area contributed by atoms with Gasteiger partial charge in [0, 0.05) is 15.4 Å². The molecule has 1 aliphatic carbocycles. The van der Waals surface area contributed by atoms with E-state index in [0.29, 0.717) is 5.92 Å². The fourth-order valence-corrected chi connectivity index (χ4v) is 3.98. The summed E-state index contributed by atoms with van der Waals surface area (Å²) >= 11 is 5.34. The summed E-state index contributed by atoms with van der Waals surface area (Å²) < 4.78 is 1.19. The van der Waals surface area contributed by atoms with Crippen molar-refractivity contribution < 1.29 is 0 Å². The van der Waals surface area contributed by atoms with Crippen LogP contribution in [0.1, 0.15) is 43.0 Å². The highest BCUT2D eigenvalue weighted by molar-refractivity contribution is 9.10. The molecular formula is C11H17BrClNS. The monoisotopic (exact) mass is 309 g/mol. The van der Waals surface area contributed by atoms with Gasteiger partial charge in [-0.1, -0.05) is 19.3 Å². The summed E-state index contributed by atoms with van der Waals surface area (Å²) in [6.45, 7) is 0. The van der Waals surface area contributed by atoms with Gasteiger partial charge in [0.2, 0.25) is 0 Å². The number of hydrogen-bond donors (Lipinski definition) is 1. The van der Waals surface area contributed by atoms with Gasteiger partial charge in [-0.2, -0.15) is 0 Å². The van der Waals surface area contributed by atoms with Crippen LogP contribution >= 0.6 is 39.7 Å². The van der Waals surface area contributed by atoms with Crippen molar-refractivity contribution in [3.05, 3.63) is 20.8 Å². The second-order valence-corrected chi connectivity index (χ2v) is 5.86. The predicted octanol–water partition coefficient (Wildman–Crippen LogP) is 4.51. The zero-order chi connectivity index (χ0) is 9.97. The van der Waals surface area contributed by atoms with Crippen LogP contribution in [0.3, 0.4) is 0 Å². The summed E-state index contributed by atoms with van der Waals surface area (Å²) in [5.74, 6) is 0.707. The maximum atomic E-state index is 6.30. The average Bonchev–Trinajstić information content (AvgIpc) is 2.65. The second kappa shape index (κ2) is 6.24. The van der Waals surface area contributed by atoms with Gasteiger partial charge in [0.1, 0.15) is 0 Å². The van der Waals surface area contributed by atoms with E-state index < -0.39 is 0 Å². The Bertz CT molecular complexity index is 297. The average molecular weight is 311 g/mol. The standard InChI is InChI=1S/C11H16BrNS.ClH/c12-9-6-7-14-11(9)10(13)8-4-2-1-3-5-8;/h6-8,10H,1-5,13H2;1H/t10-;/m0./s1. The first-order valence-electron chi connectivity index (χ1n) is 5.27. The number of hydrogen-bond acceptors (Lipinski definition) is 2. The number of thiophene rings is 1. The molecule has 15 heavy (non-hydrogen) atoms. The third kappa shape index (κ3) is 3.19. The van der Waals surface area contributed by atoms with E-state index in [-0.39, 0.29) is 18.4 Å². The van der Waals surface area contributed by atoms with Crippen molar-refractivity contribution in [1.82, 2.24) is 0 Å². The van der Waals surface area contributed by atoms with Crippen LogP contribution in [0.4, 0.5) is 0 Å². The van der Waals surface area contributed by atoms with Gasteiger partial charge in [-0.15, -0.1) is 23.7 Å². The van der Waals surface area contributed by atoms with E-state index in [0.717, 1.165) is 0 Å². The molecule has 1 fully saturated rings. The molecule has 1 aromatic rings. The van der Waals surface area contributed by atoms with Gasteiger partial charge in [-0.3, -0.25) is 0 Å². The molecular weight excluding hydrogens is 294 g/mol. The first-order chi connectivity index (χ1) is 6.79. The molecule has 0 aromatic carbocycles. The SMILES string of the molecule is Cl.N[C@H](c1sccc1Br)C1CCCCC1. The molecule has 4 heteroatoms. The van der Waals surface area contributed by atoms with Crippen molar-refractivity contribution in [2.24, 2.45) is 11.7 Å². The van der Waals surface area contributed by atoms with Crippen LogP contribution in [0.25, 0.3) is 0 Å². The van der Waals surface area contributed by atoms with Gasteiger partial charge < -0.3 is 5.73 Å². The zero-order valence-electron chi connectivity index (χ0n) is 8.62. The molecule has 2 rings (SSSR count). The highest BCUT2D eigenvalue weighted by atomic mass is 79.9. The van der Waals surface area contributed by atoms with Crippen LogP contribution in [0.5, 0.6) is 0 Å². The second-order valence-electron chi connectivity index (χ2n) is 4.06. The van der Waals surface area contributed by atoms with Crippen LogP contribution in [0.15, 0.2) is 15.9 Å². The molecule has 1 saturated carbocycles. The highest BCUT2D eigenvalue weighted by Crippen LogP contribution is 2.37. The largest absolute Gasteiger partial charge is 0.323 e. The molecule has 0 bridgehead atoms. The lowest BCUT2D eigenvalue weighted by molar-refractivity contribution is 0.310. The van der Waals surface area contributed by atoms with Crippen molar-refractivity contribution in [3.8, 4) is 0 Å². The predicted molar refractivity (Wildman–Crippen MR) is 72.8 cm³/mol. The maximum Gasteiger partial charge on any atom is 0.0429 e. The Kier molecular flexibility index (Phi) is 5.61. The van der Waals surface area contributed by atoms with E-state index in [2.05, 4.69) is 27.4 Å². The Labute approximate surface area is 110 Å². The van der Waals surface area contributed by atoms with Crippen molar-refractivity contribution >= 4 is 39.7 Å². The topological polar surface area (TPSA) is 26.0 Å². The zero-order valence-corrected chi connectivity index (χ0v) is 11.8. The third-order valence-corrected chi connectivity index (χ3v) is 5.08. The number of rotatable bonds is 2. The van der Waals surface area contributed by atoms with E-state index in [1.54, 1.807) is 11.3 Å². The fraction of sp³-hybridized carbons (Fsp3) is 0.636. The molecule has 0 radical (unpaired) electrons.